The van der Waals surface area contributed by atoms with Gasteiger partial charge in [0.15, 0.2) is 17.8 Å². The predicted molar refractivity (Wildman–Crippen MR) is 92.3 cm³/mol. The number of benzene rings is 2. The Balaban J connectivity index is 1.54. The molecule has 1 aromatic heterocycles. The van der Waals surface area contributed by atoms with E-state index >= 15 is 0 Å². The minimum absolute atomic E-state index is 0.304. The van der Waals surface area contributed by atoms with E-state index in [9.17, 15) is 9.90 Å². The van der Waals surface area contributed by atoms with E-state index < -0.39 is 6.10 Å². The lowest BCUT2D eigenvalue weighted by Gasteiger charge is -2.29. The Morgan fingerprint density at radius 1 is 0.960 bits per heavy atom. The van der Waals surface area contributed by atoms with Crippen molar-refractivity contribution in [2.45, 2.75) is 19.2 Å². The molecule has 0 fully saturated rings. The van der Waals surface area contributed by atoms with Gasteiger partial charge >= 0.3 is 0 Å². The number of aromatic nitrogens is 3. The van der Waals surface area contributed by atoms with Gasteiger partial charge in [0.2, 0.25) is 0 Å². The molecule has 126 valence electrons. The number of hydrogen-bond acceptors (Lipinski definition) is 4. The zero-order valence-electron chi connectivity index (χ0n) is 13.6. The van der Waals surface area contributed by atoms with E-state index in [-0.39, 0.29) is 5.91 Å². The Kier molecular flexibility index (Phi) is 4.03. The van der Waals surface area contributed by atoms with Crippen LogP contribution < -0.4 is 0 Å². The normalized spacial score (nSPS) is 14.8. The lowest BCUT2D eigenvalue weighted by Crippen LogP contribution is -2.41. The average molecular weight is 334 g/mol. The van der Waals surface area contributed by atoms with Gasteiger partial charge in [-0.05, 0) is 5.56 Å². The van der Waals surface area contributed by atoms with Crippen LogP contribution in [0.1, 0.15) is 17.5 Å². The van der Waals surface area contributed by atoms with Crippen molar-refractivity contribution in [1.82, 2.24) is 19.7 Å². The van der Waals surface area contributed by atoms with Crippen molar-refractivity contribution in [2.75, 3.05) is 6.54 Å². The molecular formula is C19H18N4O2. The van der Waals surface area contributed by atoms with Crippen LogP contribution in [0.15, 0.2) is 60.7 Å². The van der Waals surface area contributed by atoms with Gasteiger partial charge < -0.3 is 14.6 Å². The number of carbonyl (C=O) groups excluding carboxylic acids is 1. The Labute approximate surface area is 145 Å². The van der Waals surface area contributed by atoms with Crippen molar-refractivity contribution in [2.24, 2.45) is 0 Å². The summed E-state index contributed by atoms with van der Waals surface area (Å²) in [4.78, 5) is 14.2. The Morgan fingerprint density at radius 3 is 2.36 bits per heavy atom. The highest BCUT2D eigenvalue weighted by molar-refractivity contribution is 5.82. The first-order valence-electron chi connectivity index (χ1n) is 8.23. The number of nitrogens with zero attached hydrogens (tertiary/aromatic N) is 4. The highest BCUT2D eigenvalue weighted by atomic mass is 16.3. The van der Waals surface area contributed by atoms with Crippen LogP contribution in [-0.4, -0.2) is 37.2 Å². The third kappa shape index (κ3) is 2.92. The number of aliphatic hydroxyl groups is 1. The first-order valence-corrected chi connectivity index (χ1v) is 8.23. The molecule has 6 nitrogen and oxygen atoms in total. The molecule has 0 saturated heterocycles. The molecule has 0 radical (unpaired) electrons. The molecule has 1 aliphatic rings. The summed E-state index contributed by atoms with van der Waals surface area (Å²) in [6.07, 6.45) is -1.15. The summed E-state index contributed by atoms with van der Waals surface area (Å²) in [5.41, 5.74) is 1.61. The monoisotopic (exact) mass is 334 g/mol. The Morgan fingerprint density at radius 2 is 1.64 bits per heavy atom. The molecular weight excluding hydrogens is 316 g/mol. The van der Waals surface area contributed by atoms with Crippen LogP contribution in [-0.2, 0) is 17.9 Å². The number of carbonyl (C=O) groups is 1. The number of amides is 1. The van der Waals surface area contributed by atoms with Gasteiger partial charge in [0, 0.05) is 18.7 Å². The third-order valence-corrected chi connectivity index (χ3v) is 4.45. The summed E-state index contributed by atoms with van der Waals surface area (Å²) < 4.78 is 2.04. The molecule has 0 spiro atoms. The minimum Gasteiger partial charge on any atom is -0.378 e. The molecule has 1 unspecified atom stereocenters. The topological polar surface area (TPSA) is 71.2 Å². The molecule has 1 aliphatic heterocycles. The largest absolute Gasteiger partial charge is 0.378 e. The van der Waals surface area contributed by atoms with E-state index in [0.717, 1.165) is 17.2 Å². The lowest BCUT2D eigenvalue weighted by molar-refractivity contribution is -0.142. The standard InChI is InChI=1S/C19H18N4O2/c24-17(14-7-3-1-4-8-14)19(25)22-11-12-23-16(13-22)20-21-18(23)15-9-5-2-6-10-15/h1-10,17,24H,11-13H2. The summed E-state index contributed by atoms with van der Waals surface area (Å²) in [7, 11) is 0. The highest BCUT2D eigenvalue weighted by Gasteiger charge is 2.29. The predicted octanol–water partition coefficient (Wildman–Crippen LogP) is 2.02. The average Bonchev–Trinajstić information content (AvgIpc) is 3.11. The van der Waals surface area contributed by atoms with E-state index in [1.807, 2.05) is 53.1 Å². The van der Waals surface area contributed by atoms with Gasteiger partial charge in [0.05, 0.1) is 6.54 Å². The molecule has 3 aromatic rings. The molecule has 0 bridgehead atoms. The van der Waals surface area contributed by atoms with Crippen LogP contribution in [0, 0.1) is 0 Å². The van der Waals surface area contributed by atoms with Crippen molar-refractivity contribution in [3.63, 3.8) is 0 Å². The number of fused-ring (bicyclic) bond motifs is 1. The Hall–Kier alpha value is -2.99. The van der Waals surface area contributed by atoms with Crippen LogP contribution in [0.25, 0.3) is 11.4 Å². The third-order valence-electron chi connectivity index (χ3n) is 4.45. The number of aliphatic hydroxyl groups excluding tert-OH is 1. The fraction of sp³-hybridized carbons (Fsp3) is 0.211. The van der Waals surface area contributed by atoms with E-state index in [0.29, 0.717) is 25.2 Å². The SMILES string of the molecule is O=C(C(O)c1ccccc1)N1CCn2c(nnc2-c2ccccc2)C1. The fourth-order valence-corrected chi connectivity index (χ4v) is 3.10. The number of rotatable bonds is 3. The van der Waals surface area contributed by atoms with E-state index in [1.165, 1.54) is 0 Å². The second kappa shape index (κ2) is 6.49. The maximum atomic E-state index is 12.6. The van der Waals surface area contributed by atoms with Crippen molar-refractivity contribution in [3.8, 4) is 11.4 Å². The molecule has 1 N–H and O–H groups in total. The molecule has 0 saturated carbocycles. The quantitative estimate of drug-likeness (QED) is 0.795. The fourth-order valence-electron chi connectivity index (χ4n) is 3.10. The zero-order valence-corrected chi connectivity index (χ0v) is 13.6. The van der Waals surface area contributed by atoms with Crippen molar-refractivity contribution >= 4 is 5.91 Å². The Bertz CT molecular complexity index is 877. The van der Waals surface area contributed by atoms with Crippen LogP contribution in [0.4, 0.5) is 0 Å². The molecule has 25 heavy (non-hydrogen) atoms. The maximum Gasteiger partial charge on any atom is 0.256 e. The van der Waals surface area contributed by atoms with Crippen molar-refractivity contribution < 1.29 is 9.90 Å². The molecule has 2 aromatic carbocycles. The summed E-state index contributed by atoms with van der Waals surface area (Å²) in [5, 5.41) is 18.9. The van der Waals surface area contributed by atoms with Crippen molar-refractivity contribution in [3.05, 3.63) is 72.1 Å². The molecule has 6 heteroatoms. The highest BCUT2D eigenvalue weighted by Crippen LogP contribution is 2.23. The molecule has 0 aliphatic carbocycles. The van der Waals surface area contributed by atoms with Gasteiger partial charge in [0.1, 0.15) is 0 Å². The lowest BCUT2D eigenvalue weighted by atomic mass is 10.1. The summed E-state index contributed by atoms with van der Waals surface area (Å²) >= 11 is 0. The first-order chi connectivity index (χ1) is 12.2. The molecule has 4 rings (SSSR count). The first kappa shape index (κ1) is 15.5. The van der Waals surface area contributed by atoms with Gasteiger partial charge in [-0.25, -0.2) is 0 Å². The van der Waals surface area contributed by atoms with Crippen LogP contribution >= 0.6 is 0 Å². The van der Waals surface area contributed by atoms with Gasteiger partial charge in [-0.3, -0.25) is 4.79 Å². The second-order valence-electron chi connectivity index (χ2n) is 6.03. The van der Waals surface area contributed by atoms with E-state index in [2.05, 4.69) is 10.2 Å². The summed E-state index contributed by atoms with van der Waals surface area (Å²) in [5.74, 6) is 1.24. The van der Waals surface area contributed by atoms with Gasteiger partial charge in [-0.2, -0.15) is 0 Å². The summed E-state index contributed by atoms with van der Waals surface area (Å²) in [6, 6.07) is 18.9. The van der Waals surface area contributed by atoms with Gasteiger partial charge in [-0.1, -0.05) is 60.7 Å². The van der Waals surface area contributed by atoms with Crippen molar-refractivity contribution in [1.29, 1.82) is 0 Å². The van der Waals surface area contributed by atoms with Crippen LogP contribution in [0.5, 0.6) is 0 Å². The van der Waals surface area contributed by atoms with E-state index in [1.54, 1.807) is 17.0 Å². The minimum atomic E-state index is -1.15. The summed E-state index contributed by atoms with van der Waals surface area (Å²) in [6.45, 7) is 1.48. The van der Waals surface area contributed by atoms with Gasteiger partial charge in [0.25, 0.3) is 5.91 Å². The molecule has 1 atom stereocenters. The smallest absolute Gasteiger partial charge is 0.256 e. The van der Waals surface area contributed by atoms with Gasteiger partial charge in [-0.15, -0.1) is 10.2 Å². The number of hydrogen-bond donors (Lipinski definition) is 1. The zero-order chi connectivity index (χ0) is 17.2. The molecule has 2 heterocycles. The van der Waals surface area contributed by atoms with Crippen LogP contribution in [0.2, 0.25) is 0 Å². The molecule has 1 amide bonds. The maximum absolute atomic E-state index is 12.6. The second-order valence-corrected chi connectivity index (χ2v) is 6.03. The van der Waals surface area contributed by atoms with Crippen LogP contribution in [0.3, 0.4) is 0 Å². The van der Waals surface area contributed by atoms with E-state index in [4.69, 9.17) is 0 Å².